The number of ether oxygens (including phenoxy) is 1. The Balaban J connectivity index is 1.79. The fraction of sp³-hybridized carbons (Fsp3) is 0.435. The summed E-state index contributed by atoms with van der Waals surface area (Å²) in [5, 5.41) is 2.56. The lowest BCUT2D eigenvalue weighted by Crippen LogP contribution is -2.47. The molecule has 1 aliphatic rings. The van der Waals surface area contributed by atoms with Crippen molar-refractivity contribution in [3.05, 3.63) is 47.4 Å². The van der Waals surface area contributed by atoms with E-state index in [0.29, 0.717) is 0 Å². The Morgan fingerprint density at radius 2 is 1.86 bits per heavy atom. The van der Waals surface area contributed by atoms with E-state index in [1.165, 1.54) is 12.1 Å². The summed E-state index contributed by atoms with van der Waals surface area (Å²) in [7, 11) is 0. The van der Waals surface area contributed by atoms with E-state index < -0.39 is 47.6 Å². The van der Waals surface area contributed by atoms with Crippen LogP contribution in [0.2, 0.25) is 0 Å². The molecule has 2 aromatic heterocycles. The van der Waals surface area contributed by atoms with Gasteiger partial charge in [0.25, 0.3) is 5.91 Å². The van der Waals surface area contributed by atoms with Crippen molar-refractivity contribution >= 4 is 17.9 Å². The first-order chi connectivity index (χ1) is 16.7. The van der Waals surface area contributed by atoms with E-state index in [1.54, 1.807) is 20.8 Å². The Labute approximate surface area is 204 Å². The summed E-state index contributed by atoms with van der Waals surface area (Å²) >= 11 is 0. The minimum Gasteiger partial charge on any atom is -0.444 e. The minimum atomic E-state index is -4.61. The molecule has 13 heteroatoms. The molecule has 2 aromatic rings. The molecular weight excluding hydrogens is 486 g/mol. The highest BCUT2D eigenvalue weighted by Crippen LogP contribution is 2.29. The van der Waals surface area contributed by atoms with Crippen molar-refractivity contribution in [3.8, 4) is 11.3 Å². The summed E-state index contributed by atoms with van der Waals surface area (Å²) < 4.78 is 57.7. The number of primary amides is 1. The van der Waals surface area contributed by atoms with Crippen molar-refractivity contribution in [3.63, 3.8) is 0 Å². The highest BCUT2D eigenvalue weighted by molar-refractivity contribution is 5.94. The van der Waals surface area contributed by atoms with Crippen molar-refractivity contribution in [1.82, 2.24) is 20.2 Å². The number of nitrogens with two attached hydrogens (primary N) is 1. The molecule has 2 atom stereocenters. The second-order valence-electron chi connectivity index (χ2n) is 9.22. The molecule has 0 unspecified atom stereocenters. The van der Waals surface area contributed by atoms with Gasteiger partial charge < -0.3 is 15.8 Å². The fourth-order valence-corrected chi connectivity index (χ4v) is 3.59. The smallest absolute Gasteiger partial charge is 0.433 e. The molecular formula is C23H25F4N5O4. The molecule has 1 saturated heterocycles. The first kappa shape index (κ1) is 26.8. The van der Waals surface area contributed by atoms with Crippen LogP contribution in [0.25, 0.3) is 11.3 Å². The molecule has 1 aliphatic heterocycles. The predicted molar refractivity (Wildman–Crippen MR) is 119 cm³/mol. The van der Waals surface area contributed by atoms with Gasteiger partial charge in [-0.15, -0.1) is 0 Å². The normalized spacial score (nSPS) is 18.1. The third-order valence-electron chi connectivity index (χ3n) is 5.24. The lowest BCUT2D eigenvalue weighted by Gasteiger charge is -2.27. The molecule has 0 saturated carbocycles. The molecule has 0 aliphatic carbocycles. The quantitative estimate of drug-likeness (QED) is 0.594. The fourth-order valence-electron chi connectivity index (χ4n) is 3.59. The number of rotatable bonds is 5. The Morgan fingerprint density at radius 1 is 1.17 bits per heavy atom. The number of likely N-dealkylation sites (tertiary alicyclic amines) is 1. The number of hydrogen-bond acceptors (Lipinski definition) is 6. The summed E-state index contributed by atoms with van der Waals surface area (Å²) in [5.41, 5.74) is 4.08. The average Bonchev–Trinajstić information content (AvgIpc) is 3.17. The van der Waals surface area contributed by atoms with Crippen LogP contribution < -0.4 is 11.1 Å². The molecule has 36 heavy (non-hydrogen) atoms. The molecule has 0 spiro atoms. The van der Waals surface area contributed by atoms with Crippen LogP contribution in [0.4, 0.5) is 22.4 Å². The van der Waals surface area contributed by atoms with Crippen molar-refractivity contribution in [2.45, 2.75) is 57.7 Å². The van der Waals surface area contributed by atoms with Gasteiger partial charge in [-0.05, 0) is 44.5 Å². The molecule has 3 amide bonds. The number of aromatic nitrogens is 2. The lowest BCUT2D eigenvalue weighted by atomic mass is 10.1. The SMILES string of the molecule is CC(C)(C)OC(=O)N1C[C@H](F)C[C@H]1C(=O)NCc1cc(-c2ccc(C(F)(F)F)nc2)ncc1C(N)=O. The van der Waals surface area contributed by atoms with Gasteiger partial charge in [0, 0.05) is 30.9 Å². The third-order valence-corrected chi connectivity index (χ3v) is 5.24. The number of hydrogen-bond donors (Lipinski definition) is 2. The lowest BCUT2D eigenvalue weighted by molar-refractivity contribution is -0.141. The van der Waals surface area contributed by atoms with E-state index >= 15 is 0 Å². The summed E-state index contributed by atoms with van der Waals surface area (Å²) in [6.07, 6.45) is -4.97. The number of carbonyl (C=O) groups excluding carboxylic acids is 3. The van der Waals surface area contributed by atoms with E-state index in [-0.39, 0.29) is 41.9 Å². The zero-order valence-corrected chi connectivity index (χ0v) is 19.7. The standard InChI is InChI=1S/C23H25F4N5O4/c1-22(2,3)36-21(35)32-11-14(24)7-17(32)20(34)31-9-13-6-16(29-10-15(13)19(28)33)12-4-5-18(30-8-12)23(25,26)27/h4-6,8,10,14,17H,7,9,11H2,1-3H3,(H2,28,33)(H,31,34)/t14-,17+/m1/s1. The van der Waals surface area contributed by atoms with Crippen LogP contribution in [0.15, 0.2) is 30.6 Å². The number of alkyl halides is 4. The van der Waals surface area contributed by atoms with Gasteiger partial charge in [-0.1, -0.05) is 0 Å². The zero-order chi connectivity index (χ0) is 26.8. The monoisotopic (exact) mass is 511 g/mol. The molecule has 9 nitrogen and oxygen atoms in total. The number of pyridine rings is 2. The third kappa shape index (κ3) is 6.46. The predicted octanol–water partition coefficient (Wildman–Crippen LogP) is 3.23. The second-order valence-corrected chi connectivity index (χ2v) is 9.22. The Morgan fingerprint density at radius 3 is 2.42 bits per heavy atom. The van der Waals surface area contributed by atoms with Crippen LogP contribution in [0, 0.1) is 0 Å². The molecule has 3 rings (SSSR count). The van der Waals surface area contributed by atoms with Gasteiger partial charge in [0.2, 0.25) is 5.91 Å². The number of nitrogens with zero attached hydrogens (tertiary/aromatic N) is 3. The highest BCUT2D eigenvalue weighted by Gasteiger charge is 2.41. The molecule has 0 bridgehead atoms. The first-order valence-corrected chi connectivity index (χ1v) is 10.9. The Bertz CT molecular complexity index is 1150. The van der Waals surface area contributed by atoms with Crippen LogP contribution in [-0.4, -0.2) is 57.1 Å². The second kappa shape index (κ2) is 10.1. The van der Waals surface area contributed by atoms with Gasteiger partial charge in [0.05, 0.1) is 17.8 Å². The minimum absolute atomic E-state index is 0.0299. The molecule has 0 aromatic carbocycles. The molecule has 194 valence electrons. The van der Waals surface area contributed by atoms with Crippen molar-refractivity contribution in [2.24, 2.45) is 5.73 Å². The van der Waals surface area contributed by atoms with E-state index in [4.69, 9.17) is 10.5 Å². The largest absolute Gasteiger partial charge is 0.444 e. The maximum atomic E-state index is 14.1. The number of carbonyl (C=O) groups is 3. The highest BCUT2D eigenvalue weighted by atomic mass is 19.4. The maximum absolute atomic E-state index is 14.1. The van der Waals surface area contributed by atoms with E-state index in [9.17, 15) is 31.9 Å². The first-order valence-electron chi connectivity index (χ1n) is 10.9. The van der Waals surface area contributed by atoms with E-state index in [1.807, 2.05) is 0 Å². The zero-order valence-electron chi connectivity index (χ0n) is 19.7. The Kier molecular flexibility index (Phi) is 7.51. The van der Waals surface area contributed by atoms with Crippen molar-refractivity contribution < 1.29 is 36.7 Å². The van der Waals surface area contributed by atoms with Gasteiger partial charge in [-0.25, -0.2) is 9.18 Å². The van der Waals surface area contributed by atoms with Crippen LogP contribution in [0.5, 0.6) is 0 Å². The van der Waals surface area contributed by atoms with E-state index in [2.05, 4.69) is 15.3 Å². The molecule has 0 radical (unpaired) electrons. The van der Waals surface area contributed by atoms with Crippen molar-refractivity contribution in [1.29, 1.82) is 0 Å². The molecule has 3 N–H and O–H groups in total. The summed E-state index contributed by atoms with van der Waals surface area (Å²) in [6, 6.07) is 2.21. The van der Waals surface area contributed by atoms with Crippen LogP contribution in [-0.2, 0) is 22.3 Å². The summed E-state index contributed by atoms with van der Waals surface area (Å²) in [6.45, 7) is 4.38. The molecule has 3 heterocycles. The summed E-state index contributed by atoms with van der Waals surface area (Å²) in [4.78, 5) is 45.6. The maximum Gasteiger partial charge on any atom is 0.433 e. The van der Waals surface area contributed by atoms with Crippen LogP contribution in [0.1, 0.15) is 48.8 Å². The number of halogens is 4. The number of nitrogens with one attached hydrogen (secondary N) is 1. The van der Waals surface area contributed by atoms with Gasteiger partial charge in [-0.2, -0.15) is 13.2 Å². The van der Waals surface area contributed by atoms with Crippen LogP contribution >= 0.6 is 0 Å². The average molecular weight is 511 g/mol. The van der Waals surface area contributed by atoms with Gasteiger partial charge in [-0.3, -0.25) is 24.5 Å². The molecule has 1 fully saturated rings. The van der Waals surface area contributed by atoms with Gasteiger partial charge >= 0.3 is 12.3 Å². The van der Waals surface area contributed by atoms with Gasteiger partial charge in [0.15, 0.2) is 0 Å². The Hall–Kier alpha value is -3.77. The summed E-state index contributed by atoms with van der Waals surface area (Å²) in [5.74, 6) is -1.52. The van der Waals surface area contributed by atoms with Crippen molar-refractivity contribution in [2.75, 3.05) is 6.54 Å². The topological polar surface area (TPSA) is 128 Å². The van der Waals surface area contributed by atoms with E-state index in [0.717, 1.165) is 23.4 Å². The van der Waals surface area contributed by atoms with Gasteiger partial charge in [0.1, 0.15) is 23.5 Å². The van der Waals surface area contributed by atoms with Crippen LogP contribution in [0.3, 0.4) is 0 Å². The number of amides is 3.